The van der Waals surface area contributed by atoms with Gasteiger partial charge in [0, 0.05) is 24.0 Å². The third kappa shape index (κ3) is 3.20. The van der Waals surface area contributed by atoms with Gasteiger partial charge in [-0.1, -0.05) is 6.07 Å². The van der Waals surface area contributed by atoms with Gasteiger partial charge in [-0.05, 0) is 32.4 Å². The molecule has 0 aliphatic carbocycles. The number of hydrogen-bond acceptors (Lipinski definition) is 6. The van der Waals surface area contributed by atoms with Gasteiger partial charge in [0.1, 0.15) is 10.9 Å². The molecule has 1 unspecified atom stereocenters. The van der Waals surface area contributed by atoms with Crippen LogP contribution in [0.2, 0.25) is 0 Å². The second-order valence-electron chi connectivity index (χ2n) is 5.33. The third-order valence-electron chi connectivity index (χ3n) is 3.39. The van der Waals surface area contributed by atoms with Crippen molar-refractivity contribution in [2.45, 2.75) is 32.8 Å². The van der Waals surface area contributed by atoms with Crippen LogP contribution >= 0.6 is 12.6 Å². The molecule has 22 heavy (non-hydrogen) atoms. The van der Waals surface area contributed by atoms with Crippen molar-refractivity contribution in [2.75, 3.05) is 0 Å². The van der Waals surface area contributed by atoms with E-state index in [1.165, 1.54) is 0 Å². The van der Waals surface area contributed by atoms with E-state index in [9.17, 15) is 10.1 Å². The van der Waals surface area contributed by atoms with E-state index in [1.807, 2.05) is 6.07 Å². The maximum Gasteiger partial charge on any atom is 0.315 e. The normalized spacial score (nSPS) is 21.4. The maximum absolute atomic E-state index is 12.5. The molecule has 0 bridgehead atoms. The quantitative estimate of drug-likeness (QED) is 0.687. The number of aromatic nitrogens is 1. The lowest BCUT2D eigenvalue weighted by Gasteiger charge is -2.29. The fraction of sp³-hybridized carbons (Fsp3) is 0.375. The zero-order valence-corrected chi connectivity index (χ0v) is 13.5. The van der Waals surface area contributed by atoms with Crippen LogP contribution in [-0.4, -0.2) is 22.8 Å². The number of hydrogen-bond donors (Lipinski definition) is 1. The minimum atomic E-state index is -0.642. The highest BCUT2D eigenvalue weighted by Gasteiger charge is 2.40. The molecule has 1 aliphatic heterocycles. The van der Waals surface area contributed by atoms with Crippen molar-refractivity contribution in [3.63, 3.8) is 0 Å². The number of allylic oxidation sites excluding steroid dienone is 1. The Bertz CT molecular complexity index is 674. The second kappa shape index (κ2) is 6.75. The summed E-state index contributed by atoms with van der Waals surface area (Å²) in [4.78, 5) is 20.8. The van der Waals surface area contributed by atoms with E-state index < -0.39 is 17.8 Å². The molecule has 0 spiro atoms. The standard InChI is InChI=1S/C16H17N3O2S/c1-9(2)21-16(20)13-10(3)19-15(22)12(7-17)14(13)11-5-4-6-18-8-11/h4-6,8-9,13-14,22H,1-3H3/t13?,14-/m1/s1. The lowest BCUT2D eigenvalue weighted by atomic mass is 9.78. The summed E-state index contributed by atoms with van der Waals surface area (Å²) in [5.74, 6) is -1.51. The zero-order chi connectivity index (χ0) is 16.3. The minimum Gasteiger partial charge on any atom is -0.462 e. The van der Waals surface area contributed by atoms with E-state index in [-0.39, 0.29) is 6.10 Å². The van der Waals surface area contributed by atoms with Crippen molar-refractivity contribution in [1.29, 1.82) is 5.26 Å². The van der Waals surface area contributed by atoms with Gasteiger partial charge in [0.2, 0.25) is 0 Å². The first-order valence-corrected chi connectivity index (χ1v) is 7.39. The van der Waals surface area contributed by atoms with Gasteiger partial charge >= 0.3 is 5.97 Å². The molecule has 0 amide bonds. The van der Waals surface area contributed by atoms with E-state index in [0.717, 1.165) is 5.56 Å². The van der Waals surface area contributed by atoms with E-state index in [1.54, 1.807) is 39.2 Å². The summed E-state index contributed by atoms with van der Waals surface area (Å²) >= 11 is 4.28. The Hall–Kier alpha value is -2.13. The molecule has 0 aromatic carbocycles. The molecule has 0 N–H and O–H groups in total. The number of nitrogens with zero attached hydrogens (tertiary/aromatic N) is 3. The van der Waals surface area contributed by atoms with E-state index in [2.05, 4.69) is 28.7 Å². The highest BCUT2D eigenvalue weighted by molar-refractivity contribution is 7.84. The number of nitriles is 1. The number of aliphatic imine (C=N–C) groups is 1. The highest BCUT2D eigenvalue weighted by Crippen LogP contribution is 2.39. The van der Waals surface area contributed by atoms with E-state index in [0.29, 0.717) is 16.3 Å². The molecule has 0 saturated carbocycles. The van der Waals surface area contributed by atoms with Gasteiger partial charge in [0.05, 0.1) is 17.7 Å². The molecule has 0 fully saturated rings. The van der Waals surface area contributed by atoms with Crippen LogP contribution in [0.1, 0.15) is 32.3 Å². The van der Waals surface area contributed by atoms with Crippen molar-refractivity contribution < 1.29 is 9.53 Å². The van der Waals surface area contributed by atoms with Crippen molar-refractivity contribution >= 4 is 24.3 Å². The van der Waals surface area contributed by atoms with Crippen molar-refractivity contribution in [2.24, 2.45) is 10.9 Å². The zero-order valence-electron chi connectivity index (χ0n) is 12.6. The monoisotopic (exact) mass is 315 g/mol. The Morgan fingerprint density at radius 2 is 2.23 bits per heavy atom. The van der Waals surface area contributed by atoms with Gasteiger partial charge < -0.3 is 4.74 Å². The van der Waals surface area contributed by atoms with Crippen molar-refractivity contribution in [1.82, 2.24) is 4.98 Å². The summed E-state index contributed by atoms with van der Waals surface area (Å²) < 4.78 is 5.34. The molecule has 2 rings (SSSR count). The Morgan fingerprint density at radius 3 is 2.77 bits per heavy atom. The van der Waals surface area contributed by atoms with Gasteiger partial charge in [-0.25, -0.2) is 4.99 Å². The van der Waals surface area contributed by atoms with Crippen molar-refractivity contribution in [3.05, 3.63) is 40.7 Å². The molecule has 1 aromatic rings. The molecule has 1 aliphatic rings. The third-order valence-corrected chi connectivity index (χ3v) is 3.73. The average Bonchev–Trinajstić information content (AvgIpc) is 2.46. The summed E-state index contributed by atoms with van der Waals surface area (Å²) in [6, 6.07) is 5.73. The lowest BCUT2D eigenvalue weighted by molar-refractivity contribution is -0.150. The van der Waals surface area contributed by atoms with E-state index in [4.69, 9.17) is 4.74 Å². The molecule has 2 heterocycles. The first-order chi connectivity index (χ1) is 10.5. The summed E-state index contributed by atoms with van der Waals surface area (Å²) in [5, 5.41) is 9.80. The number of ether oxygens (including phenoxy) is 1. The minimum absolute atomic E-state index is 0.234. The van der Waals surface area contributed by atoms with Crippen LogP contribution < -0.4 is 0 Å². The first kappa shape index (κ1) is 16.2. The number of pyridine rings is 1. The molecular weight excluding hydrogens is 298 g/mol. The van der Waals surface area contributed by atoms with E-state index >= 15 is 0 Å². The Labute approximate surface area is 135 Å². The van der Waals surface area contributed by atoms with Crippen LogP contribution in [0.3, 0.4) is 0 Å². The highest BCUT2D eigenvalue weighted by atomic mass is 32.1. The summed E-state index contributed by atoms with van der Waals surface area (Å²) in [6.45, 7) is 5.33. The fourth-order valence-electron chi connectivity index (χ4n) is 2.49. The number of carbonyl (C=O) groups excluding carboxylic acids is 1. The predicted molar refractivity (Wildman–Crippen MR) is 86.4 cm³/mol. The van der Waals surface area contributed by atoms with Crippen LogP contribution in [-0.2, 0) is 9.53 Å². The van der Waals surface area contributed by atoms with Gasteiger partial charge in [0.25, 0.3) is 0 Å². The molecule has 6 heteroatoms. The average molecular weight is 315 g/mol. The summed E-state index contributed by atoms with van der Waals surface area (Å²) in [7, 11) is 0. The molecule has 2 atom stereocenters. The maximum atomic E-state index is 12.5. The topological polar surface area (TPSA) is 75.3 Å². The van der Waals surface area contributed by atoms with Crippen LogP contribution in [0.25, 0.3) is 0 Å². The number of rotatable bonds is 3. The van der Waals surface area contributed by atoms with Crippen LogP contribution in [0.5, 0.6) is 0 Å². The fourth-order valence-corrected chi connectivity index (χ4v) is 2.84. The van der Waals surface area contributed by atoms with Crippen LogP contribution in [0.4, 0.5) is 0 Å². The van der Waals surface area contributed by atoms with Crippen LogP contribution in [0.15, 0.2) is 40.1 Å². The second-order valence-corrected chi connectivity index (χ2v) is 5.75. The van der Waals surface area contributed by atoms with Gasteiger partial charge in [0.15, 0.2) is 0 Å². The molecule has 0 saturated heterocycles. The Kier molecular flexibility index (Phi) is 4.99. The smallest absolute Gasteiger partial charge is 0.315 e. The van der Waals surface area contributed by atoms with Gasteiger partial charge in [-0.2, -0.15) is 5.26 Å². The van der Waals surface area contributed by atoms with Crippen LogP contribution in [0, 0.1) is 17.2 Å². The Morgan fingerprint density at radius 1 is 1.50 bits per heavy atom. The number of esters is 1. The first-order valence-electron chi connectivity index (χ1n) is 6.94. The molecular formula is C16H17N3O2S. The van der Waals surface area contributed by atoms with Crippen molar-refractivity contribution in [3.8, 4) is 6.07 Å². The summed E-state index contributed by atoms with van der Waals surface area (Å²) in [5.41, 5.74) is 1.71. The van der Waals surface area contributed by atoms with Gasteiger partial charge in [-0.15, -0.1) is 12.6 Å². The largest absolute Gasteiger partial charge is 0.462 e. The lowest BCUT2D eigenvalue weighted by Crippen LogP contribution is -2.35. The summed E-state index contributed by atoms with van der Waals surface area (Å²) in [6.07, 6.45) is 3.06. The number of carbonyl (C=O) groups is 1. The molecule has 0 radical (unpaired) electrons. The number of thiol groups is 1. The Balaban J connectivity index is 2.53. The molecule has 5 nitrogen and oxygen atoms in total. The molecule has 114 valence electrons. The predicted octanol–water partition coefficient (Wildman–Crippen LogP) is 2.87. The van der Waals surface area contributed by atoms with Gasteiger partial charge in [-0.3, -0.25) is 9.78 Å². The SMILES string of the molecule is CC1=NC(S)=C(C#N)[C@@H](c2cccnc2)C1C(=O)OC(C)C. The molecule has 1 aromatic heterocycles.